The molecule has 0 aliphatic heterocycles. The van der Waals surface area contributed by atoms with Gasteiger partial charge in [-0.3, -0.25) is 9.48 Å². The van der Waals surface area contributed by atoms with E-state index >= 15 is 0 Å². The van der Waals surface area contributed by atoms with E-state index in [0.29, 0.717) is 17.6 Å². The molecule has 0 saturated heterocycles. The number of hydrogen-bond acceptors (Lipinski definition) is 7. The number of nitrogen functional groups attached to an aromatic ring is 1. The van der Waals surface area contributed by atoms with Crippen LogP contribution in [0.2, 0.25) is 0 Å². The van der Waals surface area contributed by atoms with Crippen LogP contribution in [0, 0.1) is 13.8 Å². The van der Waals surface area contributed by atoms with Gasteiger partial charge in [0.15, 0.2) is 5.82 Å². The number of carbonyl (C=O) groups excluding carboxylic acids is 1. The molecule has 0 atom stereocenters. The minimum absolute atomic E-state index is 0.158. The van der Waals surface area contributed by atoms with Gasteiger partial charge in [0.25, 0.3) is 0 Å². The van der Waals surface area contributed by atoms with Gasteiger partial charge >= 0.3 is 0 Å². The molecule has 0 bridgehead atoms. The lowest BCUT2D eigenvalue weighted by Gasteiger charge is -2.07. The second-order valence-electron chi connectivity index (χ2n) is 6.14. The maximum Gasteiger partial charge on any atom is 0.234 e. The van der Waals surface area contributed by atoms with Gasteiger partial charge in [-0.05, 0) is 45.0 Å². The van der Waals surface area contributed by atoms with Crippen molar-refractivity contribution in [2.75, 3.05) is 23.5 Å². The van der Waals surface area contributed by atoms with Crippen molar-refractivity contribution in [1.82, 2.24) is 24.7 Å². The first-order chi connectivity index (χ1) is 13.4. The summed E-state index contributed by atoms with van der Waals surface area (Å²) in [6, 6.07) is 7.44. The average molecular weight is 401 g/mol. The molecule has 0 spiro atoms. The fraction of sp³-hybridized carbons (Fsp3) is 0.333. The van der Waals surface area contributed by atoms with Crippen molar-refractivity contribution in [1.29, 1.82) is 0 Å². The van der Waals surface area contributed by atoms with E-state index in [-0.39, 0.29) is 11.7 Å². The van der Waals surface area contributed by atoms with Gasteiger partial charge < -0.3 is 15.9 Å². The van der Waals surface area contributed by atoms with Crippen LogP contribution < -0.4 is 15.9 Å². The van der Waals surface area contributed by atoms with E-state index < -0.39 is 0 Å². The Balaban J connectivity index is 1.65. The fourth-order valence-corrected chi connectivity index (χ4v) is 3.36. The van der Waals surface area contributed by atoms with Gasteiger partial charge in [-0.1, -0.05) is 11.8 Å². The molecule has 0 unspecified atom stereocenters. The first-order valence-corrected chi connectivity index (χ1v) is 9.75. The predicted molar refractivity (Wildman–Crippen MR) is 109 cm³/mol. The van der Waals surface area contributed by atoms with Gasteiger partial charge in [0.2, 0.25) is 11.1 Å². The molecule has 1 amide bonds. The van der Waals surface area contributed by atoms with Crippen molar-refractivity contribution in [3.05, 3.63) is 35.7 Å². The molecule has 2 heterocycles. The number of aromatic nitrogens is 5. The van der Waals surface area contributed by atoms with Crippen LogP contribution in [0.4, 0.5) is 5.69 Å². The van der Waals surface area contributed by atoms with Crippen molar-refractivity contribution in [2.45, 2.75) is 25.9 Å². The number of thioether (sulfide) groups is 1. The topological polar surface area (TPSA) is 113 Å². The Morgan fingerprint density at radius 1 is 1.25 bits per heavy atom. The molecule has 0 fully saturated rings. The van der Waals surface area contributed by atoms with E-state index in [1.54, 1.807) is 4.68 Å². The zero-order valence-electron chi connectivity index (χ0n) is 16.3. The smallest absolute Gasteiger partial charge is 0.234 e. The monoisotopic (exact) mass is 401 g/mol. The molecule has 148 valence electrons. The molecule has 3 aromatic rings. The first-order valence-electron chi connectivity index (χ1n) is 8.77. The zero-order chi connectivity index (χ0) is 20.3. The molecule has 2 aromatic heterocycles. The quantitative estimate of drug-likeness (QED) is 0.461. The summed E-state index contributed by atoms with van der Waals surface area (Å²) in [5, 5.41) is 15.9. The van der Waals surface area contributed by atoms with Crippen LogP contribution in [0.1, 0.15) is 18.3 Å². The second kappa shape index (κ2) is 8.34. The highest BCUT2D eigenvalue weighted by molar-refractivity contribution is 7.99. The van der Waals surface area contributed by atoms with Gasteiger partial charge in [0.05, 0.1) is 29.4 Å². The Morgan fingerprint density at radius 2 is 1.96 bits per heavy atom. The van der Waals surface area contributed by atoms with E-state index in [0.717, 1.165) is 28.4 Å². The lowest BCUT2D eigenvalue weighted by atomic mass is 10.2. The number of hydrogen-bond donors (Lipinski definition) is 2. The summed E-state index contributed by atoms with van der Waals surface area (Å²) in [6.45, 7) is 6.30. The molecular weight excluding hydrogens is 378 g/mol. The van der Waals surface area contributed by atoms with E-state index in [1.807, 2.05) is 52.1 Å². The van der Waals surface area contributed by atoms with Gasteiger partial charge in [0.1, 0.15) is 5.75 Å². The van der Waals surface area contributed by atoms with Gasteiger partial charge in [-0.15, -0.1) is 10.2 Å². The highest BCUT2D eigenvalue weighted by Gasteiger charge is 2.16. The van der Waals surface area contributed by atoms with Gasteiger partial charge in [-0.25, -0.2) is 4.68 Å². The third-order valence-electron chi connectivity index (χ3n) is 4.19. The Morgan fingerprint density at radius 3 is 2.57 bits per heavy atom. The Bertz CT molecular complexity index is 979. The summed E-state index contributed by atoms with van der Waals surface area (Å²) in [5.74, 6) is 7.42. The number of carbonyl (C=O) groups is 1. The second-order valence-corrected chi connectivity index (χ2v) is 7.08. The Kier molecular flexibility index (Phi) is 5.88. The molecule has 0 aliphatic carbocycles. The first kappa shape index (κ1) is 19.7. The normalized spacial score (nSPS) is 10.9. The molecule has 28 heavy (non-hydrogen) atoms. The highest BCUT2D eigenvalue weighted by Crippen LogP contribution is 2.24. The summed E-state index contributed by atoms with van der Waals surface area (Å²) in [7, 11) is 1.84. The number of aryl methyl sites for hydroxylation is 2. The van der Waals surface area contributed by atoms with E-state index in [4.69, 9.17) is 10.6 Å². The minimum Gasteiger partial charge on any atom is -0.494 e. The summed E-state index contributed by atoms with van der Waals surface area (Å²) < 4.78 is 8.55. The number of nitrogens with two attached hydrogens (primary N) is 1. The molecule has 0 aliphatic rings. The third kappa shape index (κ3) is 4.11. The molecule has 10 heteroatoms. The number of nitrogens with zero attached hydrogens (tertiary/aromatic N) is 5. The van der Waals surface area contributed by atoms with Crippen LogP contribution in [0.25, 0.3) is 11.4 Å². The van der Waals surface area contributed by atoms with Crippen molar-refractivity contribution in [3.63, 3.8) is 0 Å². The van der Waals surface area contributed by atoms with Crippen molar-refractivity contribution < 1.29 is 9.53 Å². The Hall–Kier alpha value is -3.01. The number of benzene rings is 1. The van der Waals surface area contributed by atoms with Crippen molar-refractivity contribution >= 4 is 23.4 Å². The van der Waals surface area contributed by atoms with Crippen LogP contribution in [0.5, 0.6) is 5.75 Å². The SMILES string of the molecule is CCOc1ccc(-c2nnc(SCC(=O)Nc3c(C)nn(C)c3C)n2N)cc1. The van der Waals surface area contributed by atoms with E-state index in [2.05, 4.69) is 20.6 Å². The number of anilines is 1. The van der Waals surface area contributed by atoms with Crippen LogP contribution in [-0.4, -0.2) is 42.9 Å². The van der Waals surface area contributed by atoms with Crippen LogP contribution in [0.15, 0.2) is 29.4 Å². The van der Waals surface area contributed by atoms with Crippen molar-refractivity contribution in [3.8, 4) is 17.1 Å². The molecular formula is C18H23N7O2S. The minimum atomic E-state index is -0.158. The molecule has 3 N–H and O–H groups in total. The number of nitrogens with one attached hydrogen (secondary N) is 1. The summed E-state index contributed by atoms with van der Waals surface area (Å²) in [4.78, 5) is 12.3. The van der Waals surface area contributed by atoms with Gasteiger partial charge in [-0.2, -0.15) is 5.10 Å². The van der Waals surface area contributed by atoms with Crippen molar-refractivity contribution in [2.24, 2.45) is 7.05 Å². The zero-order valence-corrected chi connectivity index (χ0v) is 17.1. The number of amides is 1. The number of rotatable bonds is 7. The molecule has 3 rings (SSSR count). The molecule has 1 aromatic carbocycles. The molecule has 0 radical (unpaired) electrons. The van der Waals surface area contributed by atoms with E-state index in [1.165, 1.54) is 16.4 Å². The highest BCUT2D eigenvalue weighted by atomic mass is 32.2. The predicted octanol–water partition coefficient (Wildman–Crippen LogP) is 2.14. The lowest BCUT2D eigenvalue weighted by Crippen LogP contribution is -2.17. The van der Waals surface area contributed by atoms with Crippen LogP contribution in [-0.2, 0) is 11.8 Å². The standard InChI is InChI=1S/C18H23N7O2S/c1-5-27-14-8-6-13(7-9-14)17-21-22-18(25(17)19)28-10-15(26)20-16-11(2)23-24(4)12(16)3/h6-9H,5,10,19H2,1-4H3,(H,20,26). The molecule has 0 saturated carbocycles. The average Bonchev–Trinajstić information content (AvgIpc) is 3.15. The third-order valence-corrected chi connectivity index (χ3v) is 5.14. The summed E-state index contributed by atoms with van der Waals surface area (Å²) in [6.07, 6.45) is 0. The summed E-state index contributed by atoms with van der Waals surface area (Å²) >= 11 is 1.22. The maximum atomic E-state index is 12.3. The van der Waals surface area contributed by atoms with Crippen LogP contribution in [0.3, 0.4) is 0 Å². The largest absolute Gasteiger partial charge is 0.494 e. The Labute approximate surface area is 167 Å². The summed E-state index contributed by atoms with van der Waals surface area (Å²) in [5.41, 5.74) is 3.22. The fourth-order valence-electron chi connectivity index (χ4n) is 2.70. The molecule has 9 nitrogen and oxygen atoms in total. The van der Waals surface area contributed by atoms with Gasteiger partial charge in [0, 0.05) is 12.6 Å². The maximum absolute atomic E-state index is 12.3. The number of ether oxygens (including phenoxy) is 1. The van der Waals surface area contributed by atoms with Crippen LogP contribution >= 0.6 is 11.8 Å². The van der Waals surface area contributed by atoms with E-state index in [9.17, 15) is 4.79 Å². The lowest BCUT2D eigenvalue weighted by molar-refractivity contribution is -0.113.